The van der Waals surface area contributed by atoms with Crippen molar-refractivity contribution in [2.24, 2.45) is 0 Å². The zero-order valence-electron chi connectivity index (χ0n) is 11.8. The number of benzene rings is 1. The Bertz CT molecular complexity index is 652. The quantitative estimate of drug-likeness (QED) is 0.943. The number of hydrogen-bond acceptors (Lipinski definition) is 4. The van der Waals surface area contributed by atoms with Crippen LogP contribution in [0.5, 0.6) is 5.75 Å². The minimum Gasteiger partial charge on any atom is -0.496 e. The zero-order valence-corrected chi connectivity index (χ0v) is 12.6. The molecule has 1 aromatic heterocycles. The number of thiophene rings is 1. The Labute approximate surface area is 127 Å². The molecule has 0 saturated carbocycles. The summed E-state index contributed by atoms with van der Waals surface area (Å²) in [4.78, 5) is 14.9. The van der Waals surface area contributed by atoms with E-state index >= 15 is 0 Å². The number of methoxy groups -OCH3 is 1. The highest BCUT2D eigenvalue weighted by Gasteiger charge is 2.33. The Hall–Kier alpha value is -1.85. The van der Waals surface area contributed by atoms with E-state index in [1.54, 1.807) is 18.4 Å². The molecule has 1 aromatic carbocycles. The van der Waals surface area contributed by atoms with E-state index in [2.05, 4.69) is 0 Å². The maximum atomic E-state index is 11.7. The van der Waals surface area contributed by atoms with Crippen molar-refractivity contribution in [1.29, 1.82) is 0 Å². The second-order valence-corrected chi connectivity index (χ2v) is 6.07. The molecule has 0 spiro atoms. The fraction of sp³-hybridized carbons (Fsp3) is 0.312. The van der Waals surface area contributed by atoms with E-state index in [4.69, 9.17) is 4.74 Å². The Morgan fingerprint density at radius 2 is 2.24 bits per heavy atom. The molecular weight excluding hydrogens is 286 g/mol. The largest absolute Gasteiger partial charge is 0.496 e. The van der Waals surface area contributed by atoms with E-state index in [0.29, 0.717) is 6.54 Å². The molecule has 0 radical (unpaired) electrons. The molecular formula is C16H17NO3S. The number of carboxylic acid groups (broad SMARTS) is 1. The second kappa shape index (κ2) is 5.87. The monoisotopic (exact) mass is 303 g/mol. The van der Waals surface area contributed by atoms with Crippen LogP contribution in [0.4, 0.5) is 0 Å². The first-order chi connectivity index (χ1) is 10.2. The van der Waals surface area contributed by atoms with E-state index in [1.807, 2.05) is 40.6 Å². The van der Waals surface area contributed by atoms with Crippen molar-refractivity contribution in [2.75, 3.05) is 13.7 Å². The average Bonchev–Trinajstić information content (AvgIpc) is 2.95. The van der Waals surface area contributed by atoms with Gasteiger partial charge in [-0.1, -0.05) is 18.2 Å². The first kappa shape index (κ1) is 14.1. The number of nitrogens with zero attached hydrogens (tertiary/aromatic N) is 1. The van der Waals surface area contributed by atoms with Gasteiger partial charge in [-0.15, -0.1) is 11.3 Å². The van der Waals surface area contributed by atoms with E-state index < -0.39 is 12.0 Å². The summed E-state index contributed by atoms with van der Waals surface area (Å²) in [5, 5.41) is 11.6. The number of carboxylic acids is 1. The van der Waals surface area contributed by atoms with Gasteiger partial charge in [0.2, 0.25) is 0 Å². The van der Waals surface area contributed by atoms with Gasteiger partial charge in [0.05, 0.1) is 7.11 Å². The molecule has 5 heteroatoms. The van der Waals surface area contributed by atoms with Crippen LogP contribution in [0.3, 0.4) is 0 Å². The van der Waals surface area contributed by atoms with Crippen molar-refractivity contribution in [3.63, 3.8) is 0 Å². The van der Waals surface area contributed by atoms with Crippen molar-refractivity contribution < 1.29 is 14.6 Å². The summed E-state index contributed by atoms with van der Waals surface area (Å²) in [6.07, 6.45) is 0.909. The number of fused-ring (bicyclic) bond motifs is 1. The van der Waals surface area contributed by atoms with E-state index in [-0.39, 0.29) is 0 Å². The van der Waals surface area contributed by atoms with Crippen LogP contribution in [0.2, 0.25) is 0 Å². The first-order valence-corrected chi connectivity index (χ1v) is 7.73. The van der Waals surface area contributed by atoms with Gasteiger partial charge in [0.1, 0.15) is 11.8 Å². The Balaban J connectivity index is 1.90. The third kappa shape index (κ3) is 2.66. The molecule has 1 aliphatic heterocycles. The molecule has 3 rings (SSSR count). The lowest BCUT2D eigenvalue weighted by molar-refractivity contribution is -0.144. The van der Waals surface area contributed by atoms with E-state index in [0.717, 1.165) is 29.8 Å². The summed E-state index contributed by atoms with van der Waals surface area (Å²) in [6.45, 7) is 1.33. The molecule has 1 atom stereocenters. The van der Waals surface area contributed by atoms with E-state index in [9.17, 15) is 9.90 Å². The molecule has 0 amide bonds. The van der Waals surface area contributed by atoms with Crippen molar-refractivity contribution in [3.8, 4) is 5.75 Å². The van der Waals surface area contributed by atoms with Crippen molar-refractivity contribution in [2.45, 2.75) is 19.0 Å². The summed E-state index contributed by atoms with van der Waals surface area (Å²) in [5.41, 5.74) is 1.96. The lowest BCUT2D eigenvalue weighted by atomic mass is 9.99. The molecule has 0 aliphatic carbocycles. The normalized spacial score (nSPS) is 18.2. The predicted octanol–water partition coefficient (Wildman–Crippen LogP) is 2.94. The lowest BCUT2D eigenvalue weighted by Crippen LogP contribution is -2.38. The predicted molar refractivity (Wildman–Crippen MR) is 81.8 cm³/mol. The maximum Gasteiger partial charge on any atom is 0.325 e. The molecule has 0 bridgehead atoms. The third-order valence-electron chi connectivity index (χ3n) is 3.87. The number of hydrogen-bond donors (Lipinski definition) is 1. The van der Waals surface area contributed by atoms with Crippen LogP contribution >= 0.6 is 11.3 Å². The molecule has 1 unspecified atom stereocenters. The summed E-state index contributed by atoms with van der Waals surface area (Å²) >= 11 is 1.65. The van der Waals surface area contributed by atoms with Gasteiger partial charge in [-0.3, -0.25) is 9.69 Å². The van der Waals surface area contributed by atoms with Crippen LogP contribution in [-0.4, -0.2) is 29.6 Å². The van der Waals surface area contributed by atoms with Gasteiger partial charge in [-0.05, 0) is 29.5 Å². The highest BCUT2D eigenvalue weighted by Crippen LogP contribution is 2.35. The zero-order chi connectivity index (χ0) is 14.8. The Kier molecular flexibility index (Phi) is 3.94. The molecule has 0 fully saturated rings. The minimum atomic E-state index is -0.788. The molecule has 110 valence electrons. The van der Waals surface area contributed by atoms with Gasteiger partial charge in [0.15, 0.2) is 0 Å². The minimum absolute atomic E-state index is 0.565. The van der Waals surface area contributed by atoms with Crippen LogP contribution < -0.4 is 4.74 Å². The van der Waals surface area contributed by atoms with E-state index in [1.165, 1.54) is 4.88 Å². The molecule has 21 heavy (non-hydrogen) atoms. The summed E-state index contributed by atoms with van der Waals surface area (Å²) in [5.74, 6) is 0.0157. The van der Waals surface area contributed by atoms with Gasteiger partial charge in [0.25, 0.3) is 0 Å². The van der Waals surface area contributed by atoms with Crippen LogP contribution in [0.1, 0.15) is 22.0 Å². The van der Waals surface area contributed by atoms with Gasteiger partial charge in [-0.25, -0.2) is 0 Å². The second-order valence-electron chi connectivity index (χ2n) is 5.07. The molecule has 2 heterocycles. The number of aliphatic carboxylic acids is 1. The molecule has 1 N–H and O–H groups in total. The number of carbonyl (C=O) groups is 1. The summed E-state index contributed by atoms with van der Waals surface area (Å²) in [6, 6.07) is 9.14. The molecule has 0 saturated heterocycles. The van der Waals surface area contributed by atoms with Gasteiger partial charge >= 0.3 is 5.97 Å². The van der Waals surface area contributed by atoms with Crippen molar-refractivity contribution in [3.05, 3.63) is 51.7 Å². The fourth-order valence-electron chi connectivity index (χ4n) is 2.88. The lowest BCUT2D eigenvalue weighted by Gasteiger charge is -2.33. The fourth-order valence-corrected chi connectivity index (χ4v) is 3.78. The Morgan fingerprint density at radius 3 is 3.00 bits per heavy atom. The van der Waals surface area contributed by atoms with Gasteiger partial charge < -0.3 is 9.84 Å². The molecule has 1 aliphatic rings. The van der Waals surface area contributed by atoms with Crippen LogP contribution in [0.25, 0.3) is 0 Å². The first-order valence-electron chi connectivity index (χ1n) is 6.85. The average molecular weight is 303 g/mol. The van der Waals surface area contributed by atoms with Gasteiger partial charge in [0, 0.05) is 23.5 Å². The van der Waals surface area contributed by atoms with Crippen LogP contribution in [-0.2, 0) is 17.8 Å². The number of ether oxygens (including phenoxy) is 1. The standard InChI is InChI=1S/C16H17NO3S/c1-20-13-5-3-2-4-11(13)10-17-8-6-14-12(7-9-21-14)15(17)16(18)19/h2-5,7,9,15H,6,8,10H2,1H3,(H,18,19). The summed E-state index contributed by atoms with van der Waals surface area (Å²) < 4.78 is 5.37. The highest BCUT2D eigenvalue weighted by molar-refractivity contribution is 7.10. The third-order valence-corrected chi connectivity index (χ3v) is 4.86. The number of rotatable bonds is 4. The van der Waals surface area contributed by atoms with Crippen molar-refractivity contribution >= 4 is 17.3 Å². The SMILES string of the molecule is COc1ccccc1CN1CCc2sccc2C1C(=O)O. The highest BCUT2D eigenvalue weighted by atomic mass is 32.1. The van der Waals surface area contributed by atoms with Crippen LogP contribution in [0, 0.1) is 0 Å². The summed E-state index contributed by atoms with van der Waals surface area (Å²) in [7, 11) is 1.64. The maximum absolute atomic E-state index is 11.7. The van der Waals surface area contributed by atoms with Crippen LogP contribution in [0.15, 0.2) is 35.7 Å². The topological polar surface area (TPSA) is 49.8 Å². The van der Waals surface area contributed by atoms with Gasteiger partial charge in [-0.2, -0.15) is 0 Å². The molecule has 2 aromatic rings. The smallest absolute Gasteiger partial charge is 0.325 e. The Morgan fingerprint density at radius 1 is 1.43 bits per heavy atom. The molecule has 4 nitrogen and oxygen atoms in total. The van der Waals surface area contributed by atoms with Crippen molar-refractivity contribution in [1.82, 2.24) is 4.90 Å². The number of para-hydroxylation sites is 1.